The molecule has 1 spiro atoms. The van der Waals surface area contributed by atoms with E-state index in [0.29, 0.717) is 36.3 Å². The summed E-state index contributed by atoms with van der Waals surface area (Å²) in [5.41, 5.74) is 0.740. The van der Waals surface area contributed by atoms with Crippen LogP contribution in [0.1, 0.15) is 68.6 Å². The quantitative estimate of drug-likeness (QED) is 0.700. The molecule has 2 saturated heterocycles. The van der Waals surface area contributed by atoms with Crippen molar-refractivity contribution >= 4 is 11.8 Å². The van der Waals surface area contributed by atoms with Gasteiger partial charge in [-0.15, -0.1) is 0 Å². The zero-order valence-electron chi connectivity index (χ0n) is 17.0. The van der Waals surface area contributed by atoms with Gasteiger partial charge in [0.2, 0.25) is 5.91 Å². The van der Waals surface area contributed by atoms with Crippen LogP contribution in [0.15, 0.2) is 24.3 Å². The first-order valence-corrected chi connectivity index (χ1v) is 10.9. The summed E-state index contributed by atoms with van der Waals surface area (Å²) in [5, 5.41) is 0. The molecule has 4 rings (SSSR count). The first-order chi connectivity index (χ1) is 13.6. The van der Waals surface area contributed by atoms with Crippen LogP contribution in [0.4, 0.5) is 0 Å². The smallest absolute Gasteiger partial charge is 0.257 e. The van der Waals surface area contributed by atoms with Crippen molar-refractivity contribution in [2.45, 2.75) is 64.3 Å². The largest absolute Gasteiger partial charge is 0.493 e. The molecule has 1 atom stereocenters. The van der Waals surface area contributed by atoms with E-state index < -0.39 is 0 Å². The van der Waals surface area contributed by atoms with Crippen molar-refractivity contribution in [1.82, 2.24) is 9.80 Å². The van der Waals surface area contributed by atoms with Gasteiger partial charge in [0.1, 0.15) is 5.75 Å². The van der Waals surface area contributed by atoms with Crippen LogP contribution < -0.4 is 4.74 Å². The van der Waals surface area contributed by atoms with Gasteiger partial charge in [-0.05, 0) is 50.7 Å². The van der Waals surface area contributed by atoms with Crippen LogP contribution in [0.25, 0.3) is 0 Å². The summed E-state index contributed by atoms with van der Waals surface area (Å²) in [7, 11) is 0. The Hall–Kier alpha value is -2.04. The van der Waals surface area contributed by atoms with Gasteiger partial charge in [-0.3, -0.25) is 9.59 Å². The van der Waals surface area contributed by atoms with E-state index in [-0.39, 0.29) is 11.3 Å². The van der Waals surface area contributed by atoms with Gasteiger partial charge >= 0.3 is 0 Å². The normalized spacial score (nSPS) is 25.2. The van der Waals surface area contributed by atoms with Crippen LogP contribution in [0.5, 0.6) is 5.75 Å². The number of para-hydroxylation sites is 1. The molecule has 1 aromatic carbocycles. The lowest BCUT2D eigenvalue weighted by Crippen LogP contribution is -2.55. The van der Waals surface area contributed by atoms with Crippen LogP contribution in [0.3, 0.4) is 0 Å². The summed E-state index contributed by atoms with van der Waals surface area (Å²) < 4.78 is 5.90. The first-order valence-electron chi connectivity index (χ1n) is 10.9. The van der Waals surface area contributed by atoms with Gasteiger partial charge in [0.05, 0.1) is 12.2 Å². The maximum absolute atomic E-state index is 13.3. The average Bonchev–Trinajstić information content (AvgIpc) is 3.56. The lowest BCUT2D eigenvalue weighted by molar-refractivity contribution is -0.139. The van der Waals surface area contributed by atoms with E-state index in [0.717, 1.165) is 64.6 Å². The van der Waals surface area contributed by atoms with Crippen molar-refractivity contribution < 1.29 is 14.3 Å². The predicted molar refractivity (Wildman–Crippen MR) is 108 cm³/mol. The maximum Gasteiger partial charge on any atom is 0.257 e. The Morgan fingerprint density at radius 3 is 2.82 bits per heavy atom. The molecule has 0 bridgehead atoms. The van der Waals surface area contributed by atoms with Crippen molar-refractivity contribution in [3.05, 3.63) is 29.8 Å². The second-order valence-electron chi connectivity index (χ2n) is 8.78. The minimum absolute atomic E-state index is 0.0704. The molecule has 2 aliphatic heterocycles. The molecule has 0 radical (unpaired) electrons. The zero-order chi connectivity index (χ0) is 19.6. The minimum Gasteiger partial charge on any atom is -0.493 e. The van der Waals surface area contributed by atoms with E-state index in [1.54, 1.807) is 0 Å². The average molecular weight is 385 g/mol. The number of likely N-dealkylation sites (tertiary alicyclic amines) is 2. The highest BCUT2D eigenvalue weighted by Gasteiger charge is 2.46. The van der Waals surface area contributed by atoms with Gasteiger partial charge in [0.15, 0.2) is 0 Å². The zero-order valence-corrected chi connectivity index (χ0v) is 17.0. The van der Waals surface area contributed by atoms with Gasteiger partial charge < -0.3 is 14.5 Å². The third kappa shape index (κ3) is 4.03. The molecule has 1 aromatic rings. The van der Waals surface area contributed by atoms with Crippen molar-refractivity contribution in [3.8, 4) is 5.75 Å². The van der Waals surface area contributed by atoms with Crippen molar-refractivity contribution in [2.75, 3.05) is 26.2 Å². The summed E-state index contributed by atoms with van der Waals surface area (Å²) in [4.78, 5) is 29.8. The minimum atomic E-state index is 0.0704. The number of rotatable bonds is 6. The van der Waals surface area contributed by atoms with Gasteiger partial charge in [-0.25, -0.2) is 0 Å². The fraction of sp³-hybridized carbons (Fsp3) is 0.652. The summed E-state index contributed by atoms with van der Waals surface area (Å²) in [6, 6.07) is 8.08. The topological polar surface area (TPSA) is 49.9 Å². The number of benzene rings is 1. The molecular weight excluding hydrogens is 352 g/mol. The molecule has 1 aliphatic carbocycles. The number of carbonyl (C=O) groups excluding carboxylic acids is 2. The molecule has 1 unspecified atom stereocenters. The van der Waals surface area contributed by atoms with E-state index in [1.165, 1.54) is 0 Å². The fourth-order valence-electron chi connectivity index (χ4n) is 4.74. The number of unbranched alkanes of at least 4 members (excludes halogenated alkanes) is 1. The Labute approximate surface area is 168 Å². The van der Waals surface area contributed by atoms with Gasteiger partial charge in [0, 0.05) is 37.5 Å². The van der Waals surface area contributed by atoms with Crippen LogP contribution in [-0.4, -0.2) is 53.9 Å². The van der Waals surface area contributed by atoms with E-state index >= 15 is 0 Å². The Kier molecular flexibility index (Phi) is 5.61. The third-order valence-corrected chi connectivity index (χ3v) is 6.50. The Balaban J connectivity index is 1.47. The number of carbonyl (C=O) groups is 2. The molecular formula is C23H32N2O3. The molecule has 28 heavy (non-hydrogen) atoms. The summed E-state index contributed by atoms with van der Waals surface area (Å²) in [5.74, 6) is 1.08. The molecule has 3 aliphatic rings. The number of hydrogen-bond acceptors (Lipinski definition) is 3. The number of hydrogen-bond donors (Lipinski definition) is 0. The van der Waals surface area contributed by atoms with Crippen LogP contribution in [0, 0.1) is 5.41 Å². The SMILES string of the molecule is CCCCOc1ccccc1C(=O)N1CCCC2(CCC(=O)N(C3CC3)C2)C1. The van der Waals surface area contributed by atoms with Crippen LogP contribution >= 0.6 is 0 Å². The second kappa shape index (κ2) is 8.14. The number of amides is 2. The number of piperidine rings is 2. The van der Waals surface area contributed by atoms with Crippen molar-refractivity contribution in [1.29, 1.82) is 0 Å². The van der Waals surface area contributed by atoms with E-state index in [1.807, 2.05) is 29.2 Å². The van der Waals surface area contributed by atoms with E-state index in [9.17, 15) is 9.59 Å². The highest BCUT2D eigenvalue weighted by atomic mass is 16.5. The molecule has 2 amide bonds. The highest BCUT2D eigenvalue weighted by molar-refractivity contribution is 5.97. The molecule has 0 N–H and O–H groups in total. The highest BCUT2D eigenvalue weighted by Crippen LogP contribution is 2.42. The first kappa shape index (κ1) is 19.3. The van der Waals surface area contributed by atoms with Crippen molar-refractivity contribution in [3.63, 3.8) is 0 Å². The Bertz CT molecular complexity index is 730. The van der Waals surface area contributed by atoms with Gasteiger partial charge in [-0.1, -0.05) is 25.5 Å². The predicted octanol–water partition coefficient (Wildman–Crippen LogP) is 3.87. The molecule has 3 fully saturated rings. The number of ether oxygens (including phenoxy) is 1. The number of nitrogens with zero attached hydrogens (tertiary/aromatic N) is 2. The molecule has 2 heterocycles. The van der Waals surface area contributed by atoms with Gasteiger partial charge in [0.25, 0.3) is 5.91 Å². The lowest BCUT2D eigenvalue weighted by atomic mass is 9.73. The second-order valence-corrected chi connectivity index (χ2v) is 8.78. The standard InChI is InChI=1S/C23H32N2O3/c1-2-3-15-28-20-8-5-4-7-19(20)22(27)24-14-6-12-23(16-24)13-11-21(26)25(17-23)18-9-10-18/h4-5,7-8,18H,2-3,6,9-17H2,1H3. The Morgan fingerprint density at radius 1 is 1.21 bits per heavy atom. The maximum atomic E-state index is 13.3. The van der Waals surface area contributed by atoms with Crippen molar-refractivity contribution in [2.24, 2.45) is 5.41 Å². The molecule has 5 nitrogen and oxygen atoms in total. The third-order valence-electron chi connectivity index (χ3n) is 6.50. The summed E-state index contributed by atoms with van der Waals surface area (Å²) >= 11 is 0. The van der Waals surface area contributed by atoms with Gasteiger partial charge in [-0.2, -0.15) is 0 Å². The monoisotopic (exact) mass is 384 g/mol. The van der Waals surface area contributed by atoms with E-state index in [2.05, 4.69) is 11.8 Å². The molecule has 1 saturated carbocycles. The Morgan fingerprint density at radius 2 is 2.04 bits per heavy atom. The fourth-order valence-corrected chi connectivity index (χ4v) is 4.74. The van der Waals surface area contributed by atoms with Crippen LogP contribution in [0.2, 0.25) is 0 Å². The van der Waals surface area contributed by atoms with E-state index in [4.69, 9.17) is 4.74 Å². The molecule has 0 aromatic heterocycles. The molecule has 5 heteroatoms. The lowest BCUT2D eigenvalue weighted by Gasteiger charge is -2.48. The summed E-state index contributed by atoms with van der Waals surface area (Å²) in [6.45, 7) is 5.15. The molecule has 152 valence electrons. The summed E-state index contributed by atoms with van der Waals surface area (Å²) in [6.07, 6.45) is 8.02. The van der Waals surface area contributed by atoms with Crippen LogP contribution in [-0.2, 0) is 4.79 Å².